The quantitative estimate of drug-likeness (QED) is 0.699. The van der Waals surface area contributed by atoms with Gasteiger partial charge in [0.25, 0.3) is 0 Å². The van der Waals surface area contributed by atoms with Crippen LogP contribution in [0.1, 0.15) is 44.4 Å². The lowest BCUT2D eigenvalue weighted by atomic mass is 10.0. The lowest BCUT2D eigenvalue weighted by Crippen LogP contribution is -2.21. The number of hydrogen-bond acceptors (Lipinski definition) is 1. The Bertz CT molecular complexity index is 479. The van der Waals surface area contributed by atoms with Gasteiger partial charge in [0.2, 0.25) is 0 Å². The monoisotopic (exact) mass is 243 g/mol. The summed E-state index contributed by atoms with van der Waals surface area (Å²) in [7, 11) is 0. The maximum Gasteiger partial charge on any atom is 0.0513 e. The number of hydrogen-bond donors (Lipinski definition) is 0. The van der Waals surface area contributed by atoms with Crippen molar-refractivity contribution in [1.29, 1.82) is 0 Å². The lowest BCUT2D eigenvalue weighted by molar-refractivity contribution is 1.01. The van der Waals surface area contributed by atoms with Crippen molar-refractivity contribution in [3.05, 3.63) is 52.4 Å². The first-order chi connectivity index (χ1) is 8.25. The van der Waals surface area contributed by atoms with Gasteiger partial charge in [-0.2, -0.15) is 0 Å². The highest BCUT2D eigenvalue weighted by molar-refractivity contribution is 5.67. The highest BCUT2D eigenvalue weighted by Gasteiger charge is 2.15. The molecule has 0 aromatic heterocycles. The number of nitrogens with zero attached hydrogens (tertiary/aromatic N) is 1. The zero-order valence-corrected chi connectivity index (χ0v) is 12.8. The highest BCUT2D eigenvalue weighted by Crippen LogP contribution is 2.32. The van der Waals surface area contributed by atoms with Gasteiger partial charge in [-0.3, -0.25) is 0 Å². The van der Waals surface area contributed by atoms with Crippen molar-refractivity contribution in [3.8, 4) is 0 Å². The molecule has 0 bridgehead atoms. The second-order valence-corrected chi connectivity index (χ2v) is 5.40. The third-order valence-corrected chi connectivity index (χ3v) is 3.30. The maximum absolute atomic E-state index is 4.13. The largest absolute Gasteiger partial charge is 0.319 e. The minimum absolute atomic E-state index is 1.06. The van der Waals surface area contributed by atoms with Crippen LogP contribution in [0.25, 0.3) is 0 Å². The van der Waals surface area contributed by atoms with E-state index < -0.39 is 0 Å². The van der Waals surface area contributed by atoms with Crippen molar-refractivity contribution in [1.82, 2.24) is 0 Å². The van der Waals surface area contributed by atoms with Crippen molar-refractivity contribution >= 4 is 5.69 Å². The molecule has 0 heterocycles. The summed E-state index contributed by atoms with van der Waals surface area (Å²) in [5.41, 5.74) is 8.82. The molecule has 1 aromatic rings. The highest BCUT2D eigenvalue weighted by atomic mass is 15.2. The predicted octanol–water partition coefficient (Wildman–Crippen LogP) is 5.27. The molecule has 18 heavy (non-hydrogen) atoms. The smallest absolute Gasteiger partial charge is 0.0513 e. The molecule has 1 aromatic carbocycles. The Labute approximate surface area is 112 Å². The molecule has 0 radical (unpaired) electrons. The number of benzene rings is 1. The molecular formula is C17H25N. The van der Waals surface area contributed by atoms with E-state index in [-0.39, 0.29) is 0 Å². The molecule has 98 valence electrons. The summed E-state index contributed by atoms with van der Waals surface area (Å²) in [5, 5.41) is 0. The first-order valence-corrected chi connectivity index (χ1v) is 6.43. The third-order valence-electron chi connectivity index (χ3n) is 3.30. The fourth-order valence-electron chi connectivity index (χ4n) is 2.39. The van der Waals surface area contributed by atoms with Gasteiger partial charge in [0.05, 0.1) is 5.69 Å². The van der Waals surface area contributed by atoms with Crippen LogP contribution in [0, 0.1) is 20.8 Å². The van der Waals surface area contributed by atoms with Crippen molar-refractivity contribution in [3.63, 3.8) is 0 Å². The Balaban J connectivity index is 3.50. The number of rotatable bonds is 3. The second-order valence-electron chi connectivity index (χ2n) is 5.40. The normalized spacial score (nSPS) is 10.2. The number of anilines is 1. The van der Waals surface area contributed by atoms with Gasteiger partial charge in [0, 0.05) is 11.4 Å². The van der Waals surface area contributed by atoms with Crippen molar-refractivity contribution in [2.24, 2.45) is 0 Å². The molecule has 0 aliphatic carbocycles. The Morgan fingerprint density at radius 2 is 1.39 bits per heavy atom. The van der Waals surface area contributed by atoms with Crippen LogP contribution in [0.3, 0.4) is 0 Å². The van der Waals surface area contributed by atoms with E-state index in [1.54, 1.807) is 0 Å². The van der Waals surface area contributed by atoms with Crippen LogP contribution in [0.15, 0.2) is 35.7 Å². The van der Waals surface area contributed by atoms with E-state index >= 15 is 0 Å². The summed E-state index contributed by atoms with van der Waals surface area (Å²) in [6.45, 7) is 19.1. The van der Waals surface area contributed by atoms with Crippen LogP contribution in [-0.4, -0.2) is 0 Å². The predicted molar refractivity (Wildman–Crippen MR) is 82.0 cm³/mol. The second kappa shape index (κ2) is 5.43. The van der Waals surface area contributed by atoms with E-state index in [1.165, 1.54) is 33.6 Å². The molecule has 0 spiro atoms. The van der Waals surface area contributed by atoms with Crippen LogP contribution in [0.5, 0.6) is 0 Å². The van der Waals surface area contributed by atoms with Gasteiger partial charge < -0.3 is 4.90 Å². The summed E-state index contributed by atoms with van der Waals surface area (Å²) in [6, 6.07) is 4.47. The first kappa shape index (κ1) is 14.6. The van der Waals surface area contributed by atoms with E-state index in [1.807, 2.05) is 0 Å². The fraction of sp³-hybridized carbons (Fsp3) is 0.412. The van der Waals surface area contributed by atoms with Crippen molar-refractivity contribution in [2.75, 3.05) is 4.90 Å². The molecule has 1 nitrogen and oxygen atoms in total. The zero-order valence-electron chi connectivity index (χ0n) is 12.8. The molecule has 0 saturated heterocycles. The van der Waals surface area contributed by atoms with Crippen LogP contribution < -0.4 is 4.90 Å². The average molecular weight is 243 g/mol. The molecule has 0 N–H and O–H groups in total. The number of allylic oxidation sites excluding steroid dienone is 3. The van der Waals surface area contributed by atoms with Gasteiger partial charge in [-0.1, -0.05) is 29.8 Å². The zero-order chi connectivity index (χ0) is 14.0. The van der Waals surface area contributed by atoms with Gasteiger partial charge >= 0.3 is 0 Å². The van der Waals surface area contributed by atoms with Gasteiger partial charge in [-0.15, -0.1) is 0 Å². The molecule has 1 heteroatoms. The Kier molecular flexibility index (Phi) is 4.39. The van der Waals surface area contributed by atoms with E-state index in [0.717, 1.165) is 5.70 Å². The molecule has 0 aliphatic heterocycles. The molecule has 0 atom stereocenters. The SMILES string of the molecule is C=C(C)N(C(C)=C(C)C)c1c(C)cc(C)cc1C. The summed E-state index contributed by atoms with van der Waals surface area (Å²) in [5.74, 6) is 0. The molecule has 0 fully saturated rings. The third kappa shape index (κ3) is 2.84. The van der Waals surface area contributed by atoms with E-state index in [0.29, 0.717) is 0 Å². The summed E-state index contributed by atoms with van der Waals surface area (Å²) in [6.07, 6.45) is 0. The van der Waals surface area contributed by atoms with E-state index in [4.69, 9.17) is 0 Å². The van der Waals surface area contributed by atoms with Gasteiger partial charge in [-0.25, -0.2) is 0 Å². The Morgan fingerprint density at radius 1 is 0.944 bits per heavy atom. The van der Waals surface area contributed by atoms with Gasteiger partial charge in [0.15, 0.2) is 0 Å². The van der Waals surface area contributed by atoms with Gasteiger partial charge in [-0.05, 0) is 59.6 Å². The van der Waals surface area contributed by atoms with Crippen LogP contribution in [-0.2, 0) is 0 Å². The molecule has 0 aliphatic rings. The van der Waals surface area contributed by atoms with Crippen LogP contribution >= 0.6 is 0 Å². The minimum Gasteiger partial charge on any atom is -0.319 e. The van der Waals surface area contributed by atoms with Crippen LogP contribution in [0.4, 0.5) is 5.69 Å². The van der Waals surface area contributed by atoms with Crippen molar-refractivity contribution < 1.29 is 0 Å². The number of aryl methyl sites for hydroxylation is 3. The molecule has 0 saturated carbocycles. The van der Waals surface area contributed by atoms with E-state index in [9.17, 15) is 0 Å². The molecule has 0 amide bonds. The van der Waals surface area contributed by atoms with Gasteiger partial charge in [0.1, 0.15) is 0 Å². The molecular weight excluding hydrogens is 218 g/mol. The first-order valence-electron chi connectivity index (χ1n) is 6.43. The van der Waals surface area contributed by atoms with Crippen molar-refractivity contribution in [2.45, 2.75) is 48.5 Å². The topological polar surface area (TPSA) is 3.24 Å². The maximum atomic E-state index is 4.13. The summed E-state index contributed by atoms with van der Waals surface area (Å²) >= 11 is 0. The standard InChI is InChI=1S/C17H25N/c1-11(2)16(8)18(12(3)4)17-14(6)9-13(5)10-15(17)7/h9-10H,3H2,1-2,4-8H3. The summed E-state index contributed by atoms with van der Waals surface area (Å²) in [4.78, 5) is 2.26. The summed E-state index contributed by atoms with van der Waals surface area (Å²) < 4.78 is 0. The molecule has 1 rings (SSSR count). The molecule has 0 unspecified atom stereocenters. The van der Waals surface area contributed by atoms with E-state index in [2.05, 4.69) is 72.1 Å². The Hall–Kier alpha value is -1.50. The lowest BCUT2D eigenvalue weighted by Gasteiger charge is -2.30. The minimum atomic E-state index is 1.06. The average Bonchev–Trinajstić information content (AvgIpc) is 2.21. The fourth-order valence-corrected chi connectivity index (χ4v) is 2.39. The Morgan fingerprint density at radius 3 is 1.72 bits per heavy atom. The van der Waals surface area contributed by atoms with Crippen LogP contribution in [0.2, 0.25) is 0 Å².